The Hall–Kier alpha value is -2.11. The van der Waals surface area contributed by atoms with E-state index < -0.39 is 37.3 Å². The molecule has 2 aromatic heterocycles. The summed E-state index contributed by atoms with van der Waals surface area (Å²) in [6, 6.07) is 0. The third-order valence-electron chi connectivity index (χ3n) is 4.43. The van der Waals surface area contributed by atoms with Crippen molar-refractivity contribution in [1.29, 1.82) is 0 Å². The third kappa shape index (κ3) is 4.57. The Morgan fingerprint density at radius 3 is 2.66 bits per heavy atom. The summed E-state index contributed by atoms with van der Waals surface area (Å²) in [4.78, 5) is 25.8. The minimum Gasteiger partial charge on any atom is -0.390 e. The second-order valence-corrected chi connectivity index (χ2v) is 8.51. The third-order valence-corrected chi connectivity index (χ3v) is 6.39. The molecule has 2 N–H and O–H groups in total. The Bertz CT molecular complexity index is 1010. The highest BCUT2D eigenvalue weighted by Gasteiger charge is 2.37. The number of hydrogen-bond donors (Lipinski definition) is 2. The lowest BCUT2D eigenvalue weighted by molar-refractivity contribution is -0.0302. The molecule has 1 saturated heterocycles. The van der Waals surface area contributed by atoms with Gasteiger partial charge in [-0.25, -0.2) is 9.48 Å². The van der Waals surface area contributed by atoms with Crippen LogP contribution in [0.3, 0.4) is 0 Å². The number of aliphatic hydroxyl groups excluding tert-OH is 1. The zero-order valence-electron chi connectivity index (χ0n) is 16.3. The van der Waals surface area contributed by atoms with Crippen LogP contribution >= 0.6 is 7.60 Å². The molecule has 13 heteroatoms. The van der Waals surface area contributed by atoms with Crippen molar-refractivity contribution in [2.24, 2.45) is 0 Å². The van der Waals surface area contributed by atoms with E-state index in [4.69, 9.17) is 13.8 Å². The molecule has 1 fully saturated rings. The van der Waals surface area contributed by atoms with Gasteiger partial charge in [-0.1, -0.05) is 5.21 Å². The van der Waals surface area contributed by atoms with E-state index in [2.05, 4.69) is 15.3 Å². The van der Waals surface area contributed by atoms with Gasteiger partial charge in [0.05, 0.1) is 32.1 Å². The molecule has 3 rings (SSSR count). The van der Waals surface area contributed by atoms with E-state index >= 15 is 0 Å². The molecule has 1 aliphatic heterocycles. The first kappa shape index (κ1) is 21.6. The highest BCUT2D eigenvalue weighted by molar-refractivity contribution is 7.61. The largest absolute Gasteiger partial charge is 0.390 e. The lowest BCUT2D eigenvalue weighted by Crippen LogP contribution is -2.33. The maximum atomic E-state index is 12.8. The van der Waals surface area contributed by atoms with Gasteiger partial charge in [0.25, 0.3) is 5.56 Å². The molecule has 0 saturated carbocycles. The first-order chi connectivity index (χ1) is 13.8. The lowest BCUT2D eigenvalue weighted by Gasteiger charge is -2.16. The molecule has 3 atom stereocenters. The highest BCUT2D eigenvalue weighted by Crippen LogP contribution is 2.45. The number of rotatable bonds is 8. The van der Waals surface area contributed by atoms with Crippen LogP contribution in [0, 0.1) is 6.92 Å². The van der Waals surface area contributed by atoms with Crippen LogP contribution in [-0.2, 0) is 24.9 Å². The van der Waals surface area contributed by atoms with Crippen molar-refractivity contribution in [3.8, 4) is 0 Å². The van der Waals surface area contributed by atoms with Gasteiger partial charge in [-0.05, 0) is 20.8 Å². The second kappa shape index (κ2) is 8.72. The number of nitrogens with zero attached hydrogens (tertiary/aromatic N) is 4. The second-order valence-electron chi connectivity index (χ2n) is 6.54. The summed E-state index contributed by atoms with van der Waals surface area (Å²) in [5.74, 6) is 0. The van der Waals surface area contributed by atoms with Gasteiger partial charge >= 0.3 is 13.3 Å². The molecule has 1 unspecified atom stereocenters. The Morgan fingerprint density at radius 1 is 1.31 bits per heavy atom. The molecular weight excluding hydrogens is 405 g/mol. The Labute approximate surface area is 165 Å². The first-order valence-electron chi connectivity index (χ1n) is 9.22. The number of aryl methyl sites for hydroxylation is 1. The fourth-order valence-electron chi connectivity index (χ4n) is 3.05. The van der Waals surface area contributed by atoms with Crippen LogP contribution in [-0.4, -0.2) is 55.1 Å². The van der Waals surface area contributed by atoms with Gasteiger partial charge in [0, 0.05) is 18.2 Å². The Kier molecular flexibility index (Phi) is 6.49. The molecule has 0 spiro atoms. The van der Waals surface area contributed by atoms with Crippen LogP contribution in [0.5, 0.6) is 0 Å². The molecule has 3 heterocycles. The molecule has 0 aliphatic carbocycles. The normalized spacial score (nSPS) is 22.3. The molecule has 0 aromatic carbocycles. The van der Waals surface area contributed by atoms with Crippen LogP contribution in [0.2, 0.25) is 0 Å². The number of ether oxygens (including phenoxy) is 1. The molecule has 1 aliphatic rings. The minimum absolute atomic E-state index is 0.0673. The topological polar surface area (TPSA) is 151 Å². The van der Waals surface area contributed by atoms with Crippen LogP contribution in [0.4, 0.5) is 0 Å². The molecule has 12 nitrogen and oxygen atoms in total. The molecule has 29 heavy (non-hydrogen) atoms. The predicted molar refractivity (Wildman–Crippen MR) is 101 cm³/mol. The summed E-state index contributed by atoms with van der Waals surface area (Å²) in [5, 5.41) is 18.1. The average molecular weight is 429 g/mol. The van der Waals surface area contributed by atoms with Crippen LogP contribution in [0.1, 0.15) is 32.1 Å². The van der Waals surface area contributed by atoms with Gasteiger partial charge in [-0.2, -0.15) is 0 Å². The van der Waals surface area contributed by atoms with Crippen LogP contribution in [0.25, 0.3) is 0 Å². The summed E-state index contributed by atoms with van der Waals surface area (Å²) in [7, 11) is -3.56. The van der Waals surface area contributed by atoms with E-state index in [-0.39, 0.29) is 31.6 Å². The quantitative estimate of drug-likeness (QED) is 0.538. The van der Waals surface area contributed by atoms with Crippen molar-refractivity contribution in [1.82, 2.24) is 24.5 Å². The fourth-order valence-corrected chi connectivity index (χ4v) is 4.49. The minimum atomic E-state index is -3.56. The summed E-state index contributed by atoms with van der Waals surface area (Å²) in [6.07, 6.45) is 0.679. The number of hydrogen-bond acceptors (Lipinski definition) is 9. The number of aliphatic hydroxyl groups is 1. The SMILES string of the molecule is CCOP(=O)(OCC)c1cn(CC2O[C@@H](n3cc(C)c(=O)[nH]c3=O)C[C@H]2O)nn1. The van der Waals surface area contributed by atoms with Crippen molar-refractivity contribution >= 4 is 13.0 Å². The van der Waals surface area contributed by atoms with Gasteiger partial charge in [-0.3, -0.25) is 18.9 Å². The summed E-state index contributed by atoms with van der Waals surface area (Å²) in [6.45, 7) is 5.44. The van der Waals surface area contributed by atoms with E-state index in [1.165, 1.54) is 21.6 Å². The molecule has 160 valence electrons. The predicted octanol–water partition coefficient (Wildman–Crippen LogP) is -0.323. The molecule has 0 bridgehead atoms. The summed E-state index contributed by atoms with van der Waals surface area (Å²) in [5.41, 5.74) is -0.659. The monoisotopic (exact) mass is 429 g/mol. The van der Waals surface area contributed by atoms with Gasteiger partial charge in [0.15, 0.2) is 5.44 Å². The van der Waals surface area contributed by atoms with Crippen molar-refractivity contribution in [3.63, 3.8) is 0 Å². The zero-order valence-corrected chi connectivity index (χ0v) is 17.2. The van der Waals surface area contributed by atoms with Gasteiger partial charge < -0.3 is 18.9 Å². The molecule has 0 amide bonds. The van der Waals surface area contributed by atoms with Gasteiger partial charge in [-0.15, -0.1) is 5.10 Å². The fraction of sp³-hybridized carbons (Fsp3) is 0.625. The lowest BCUT2D eigenvalue weighted by atomic mass is 10.2. The Morgan fingerprint density at radius 2 is 2.00 bits per heavy atom. The first-order valence-corrected chi connectivity index (χ1v) is 10.8. The average Bonchev–Trinajstić information content (AvgIpc) is 3.27. The molecular formula is C16H24N5O7P. The van der Waals surface area contributed by atoms with Crippen LogP contribution < -0.4 is 16.7 Å². The maximum Gasteiger partial charge on any atom is 0.383 e. The van der Waals surface area contributed by atoms with Crippen LogP contribution in [0.15, 0.2) is 22.0 Å². The van der Waals surface area contributed by atoms with Crippen molar-refractivity contribution in [2.45, 2.75) is 52.2 Å². The number of aromatic amines is 1. The maximum absolute atomic E-state index is 12.8. The van der Waals surface area contributed by atoms with E-state index in [0.29, 0.717) is 5.56 Å². The van der Waals surface area contributed by atoms with E-state index in [9.17, 15) is 19.3 Å². The number of aromatic nitrogens is 5. The Balaban J connectivity index is 1.74. The smallest absolute Gasteiger partial charge is 0.383 e. The van der Waals surface area contributed by atoms with E-state index in [1.807, 2.05) is 0 Å². The summed E-state index contributed by atoms with van der Waals surface area (Å²) < 4.78 is 31.6. The molecule has 2 aromatic rings. The molecule has 0 radical (unpaired) electrons. The van der Waals surface area contributed by atoms with E-state index in [1.54, 1.807) is 20.8 Å². The van der Waals surface area contributed by atoms with Crippen molar-refractivity contribution in [2.75, 3.05) is 13.2 Å². The van der Waals surface area contributed by atoms with E-state index in [0.717, 1.165) is 0 Å². The summed E-state index contributed by atoms with van der Waals surface area (Å²) >= 11 is 0. The van der Waals surface area contributed by atoms with Crippen molar-refractivity contribution in [3.05, 3.63) is 38.8 Å². The van der Waals surface area contributed by atoms with Gasteiger partial charge in [0.2, 0.25) is 0 Å². The standard InChI is InChI=1S/C16H24N5O7P/c1-4-26-29(25,27-5-2)13-9-20(19-18-13)8-12-11(22)6-14(28-12)21-7-10(3)15(23)17-16(21)24/h7,9,11-12,14,22H,4-6,8H2,1-3H3,(H,17,23,24)/t11-,12?,14-/m1/s1. The zero-order chi connectivity index (χ0) is 21.2. The highest BCUT2D eigenvalue weighted by atomic mass is 31.2. The van der Waals surface area contributed by atoms with Gasteiger partial charge in [0.1, 0.15) is 12.3 Å². The number of H-pyrrole nitrogens is 1. The van der Waals surface area contributed by atoms with Crippen molar-refractivity contribution < 1.29 is 23.5 Å². The number of nitrogens with one attached hydrogen (secondary N) is 1.